The highest BCUT2D eigenvalue weighted by atomic mass is 35.5. The zero-order chi connectivity index (χ0) is 30.7. The van der Waals surface area contributed by atoms with Gasteiger partial charge in [0.05, 0.1) is 29.2 Å². The van der Waals surface area contributed by atoms with Crippen molar-refractivity contribution in [1.29, 1.82) is 5.26 Å². The van der Waals surface area contributed by atoms with Crippen LogP contribution < -0.4 is 5.56 Å². The molecule has 0 spiro atoms. The van der Waals surface area contributed by atoms with Gasteiger partial charge in [-0.05, 0) is 73.5 Å². The Kier molecular flexibility index (Phi) is 7.26. The first-order chi connectivity index (χ1) is 21.2. The Hall–Kier alpha value is -4.07. The molecule has 1 N–H and O–H groups in total. The van der Waals surface area contributed by atoms with Crippen LogP contribution in [0.3, 0.4) is 0 Å². The second-order valence-electron chi connectivity index (χ2n) is 12.4. The lowest BCUT2D eigenvalue weighted by atomic mass is 9.96. The molecule has 44 heavy (non-hydrogen) atoms. The summed E-state index contributed by atoms with van der Waals surface area (Å²) < 4.78 is 29.3. The Balaban J connectivity index is 1.34. The number of alkyl halides is 1. The van der Waals surface area contributed by atoms with Gasteiger partial charge in [0.15, 0.2) is 0 Å². The van der Waals surface area contributed by atoms with Gasteiger partial charge in [-0.1, -0.05) is 24.6 Å². The number of aromatic amines is 1. The minimum absolute atomic E-state index is 0.0342. The SMILES string of the molecule is C[C@H]1CCCN(Cc2[nH]c3c(=O)n(-c4cc(-c5ccc(F)cc5C(=O)N5CC(F)C5)cc(C5CC5)n4)cc(C#N)c3c2Cl)C1. The Morgan fingerprint density at radius 3 is 2.68 bits per heavy atom. The number of fused-ring (bicyclic) bond motifs is 1. The van der Waals surface area contributed by atoms with Crippen molar-refractivity contribution in [2.45, 2.75) is 51.2 Å². The molecule has 2 aliphatic heterocycles. The summed E-state index contributed by atoms with van der Waals surface area (Å²) in [6.45, 7) is 4.57. The van der Waals surface area contributed by atoms with E-state index >= 15 is 0 Å². The first-order valence-corrected chi connectivity index (χ1v) is 15.4. The third kappa shape index (κ3) is 5.18. The zero-order valence-corrected chi connectivity index (χ0v) is 25.0. The normalized spacial score (nSPS) is 19.2. The number of nitriles is 1. The number of aromatic nitrogens is 3. The lowest BCUT2D eigenvalue weighted by Crippen LogP contribution is -2.51. The predicted molar refractivity (Wildman–Crippen MR) is 163 cm³/mol. The molecule has 11 heteroatoms. The molecule has 4 aromatic rings. The molecule has 0 bridgehead atoms. The quantitative estimate of drug-likeness (QED) is 0.289. The van der Waals surface area contributed by atoms with Crippen LogP contribution >= 0.6 is 11.6 Å². The number of halogens is 3. The van der Waals surface area contributed by atoms with E-state index < -0.39 is 23.5 Å². The topological polar surface area (TPSA) is 98.0 Å². The average molecular weight is 617 g/mol. The second-order valence-corrected chi connectivity index (χ2v) is 12.8. The van der Waals surface area contributed by atoms with Gasteiger partial charge >= 0.3 is 0 Å². The number of H-pyrrole nitrogens is 1. The molecule has 1 atom stereocenters. The fourth-order valence-electron chi connectivity index (χ4n) is 6.44. The molecular formula is C33H31ClF2N6O2. The van der Waals surface area contributed by atoms with E-state index in [0.717, 1.165) is 44.1 Å². The van der Waals surface area contributed by atoms with Crippen LogP contribution in [0.2, 0.25) is 5.02 Å². The molecule has 226 valence electrons. The Bertz CT molecular complexity index is 1900. The number of carbonyl (C=O) groups excluding carboxylic acids is 1. The van der Waals surface area contributed by atoms with Crippen LogP contribution in [0, 0.1) is 23.1 Å². The molecule has 1 aliphatic carbocycles. The third-order valence-electron chi connectivity index (χ3n) is 8.94. The van der Waals surface area contributed by atoms with Gasteiger partial charge < -0.3 is 9.88 Å². The Morgan fingerprint density at radius 2 is 1.98 bits per heavy atom. The van der Waals surface area contributed by atoms with Gasteiger partial charge in [0, 0.05) is 42.0 Å². The number of pyridine rings is 2. The molecule has 5 heterocycles. The zero-order valence-electron chi connectivity index (χ0n) is 24.2. The van der Waals surface area contributed by atoms with Crippen LogP contribution in [0.1, 0.15) is 65.8 Å². The van der Waals surface area contributed by atoms with E-state index in [1.54, 1.807) is 6.07 Å². The van der Waals surface area contributed by atoms with E-state index in [-0.39, 0.29) is 41.5 Å². The smallest absolute Gasteiger partial charge is 0.280 e. The van der Waals surface area contributed by atoms with E-state index in [9.17, 15) is 23.6 Å². The maximum atomic E-state index is 14.4. The summed E-state index contributed by atoms with van der Waals surface area (Å²) in [5.74, 6) is -0.00220. The van der Waals surface area contributed by atoms with Crippen molar-refractivity contribution in [3.8, 4) is 23.0 Å². The van der Waals surface area contributed by atoms with Crippen LogP contribution in [-0.2, 0) is 6.54 Å². The number of hydrogen-bond donors (Lipinski definition) is 1. The summed E-state index contributed by atoms with van der Waals surface area (Å²) in [5, 5.41) is 10.9. The number of nitrogens with zero attached hydrogens (tertiary/aromatic N) is 5. The first kappa shape index (κ1) is 28.7. The summed E-state index contributed by atoms with van der Waals surface area (Å²) in [4.78, 5) is 38.9. The standard InChI is InChI=1S/C33H31ClF2N6O2/c1-18-3-2-8-40(13-18)17-27-30(34)29-21(12-37)14-42(33(44)31(29)39-27)28-10-20(9-26(38-28)19-4-5-19)24-7-6-22(35)11-25(24)32(43)41-15-23(36)16-41/h6-7,9-11,14,18-19,23,39H,2-5,8,13,15-17H2,1H3/t18-/m0/s1. The monoisotopic (exact) mass is 616 g/mol. The van der Waals surface area contributed by atoms with Gasteiger partial charge in [-0.3, -0.25) is 19.1 Å². The number of hydrogen-bond acceptors (Lipinski definition) is 5. The van der Waals surface area contributed by atoms with Gasteiger partial charge in [-0.2, -0.15) is 5.26 Å². The van der Waals surface area contributed by atoms with Crippen LogP contribution in [0.5, 0.6) is 0 Å². The van der Waals surface area contributed by atoms with E-state index in [1.165, 1.54) is 34.2 Å². The van der Waals surface area contributed by atoms with Crippen molar-refractivity contribution in [1.82, 2.24) is 24.3 Å². The molecule has 1 amide bonds. The van der Waals surface area contributed by atoms with Gasteiger partial charge in [-0.25, -0.2) is 13.8 Å². The first-order valence-electron chi connectivity index (χ1n) is 15.0. The summed E-state index contributed by atoms with van der Waals surface area (Å²) in [6.07, 6.45) is 4.50. The lowest BCUT2D eigenvalue weighted by Gasteiger charge is -2.34. The van der Waals surface area contributed by atoms with E-state index in [1.807, 2.05) is 6.07 Å². The van der Waals surface area contributed by atoms with Gasteiger partial charge in [-0.15, -0.1) is 0 Å². The number of nitrogens with one attached hydrogen (secondary N) is 1. The second kappa shape index (κ2) is 11.1. The summed E-state index contributed by atoms with van der Waals surface area (Å²) >= 11 is 6.80. The number of carbonyl (C=O) groups is 1. The number of likely N-dealkylation sites (tertiary alicyclic amines) is 2. The van der Waals surface area contributed by atoms with Gasteiger partial charge in [0.2, 0.25) is 0 Å². The van der Waals surface area contributed by atoms with E-state index in [2.05, 4.69) is 22.9 Å². The van der Waals surface area contributed by atoms with Gasteiger partial charge in [0.1, 0.15) is 29.4 Å². The van der Waals surface area contributed by atoms with Crippen LogP contribution in [0.15, 0.2) is 41.3 Å². The molecule has 1 aromatic carbocycles. The maximum absolute atomic E-state index is 14.4. The summed E-state index contributed by atoms with van der Waals surface area (Å²) in [5.41, 5.74) is 2.63. The van der Waals surface area contributed by atoms with Crippen molar-refractivity contribution in [2.75, 3.05) is 26.2 Å². The molecular weight excluding hydrogens is 586 g/mol. The molecule has 0 unspecified atom stereocenters. The molecule has 8 nitrogen and oxygen atoms in total. The van der Waals surface area contributed by atoms with Crippen LogP contribution in [0.25, 0.3) is 27.8 Å². The largest absolute Gasteiger partial charge is 0.352 e. The molecule has 7 rings (SSSR count). The summed E-state index contributed by atoms with van der Waals surface area (Å²) in [7, 11) is 0. The Labute approximate surface area is 257 Å². The van der Waals surface area contributed by atoms with Crippen molar-refractivity contribution in [3.05, 3.63) is 80.2 Å². The minimum Gasteiger partial charge on any atom is -0.352 e. The molecule has 3 aromatic heterocycles. The highest BCUT2D eigenvalue weighted by Gasteiger charge is 2.33. The van der Waals surface area contributed by atoms with Gasteiger partial charge in [0.25, 0.3) is 11.5 Å². The predicted octanol–water partition coefficient (Wildman–Crippen LogP) is 5.95. The number of benzene rings is 1. The number of piperidine rings is 1. The highest BCUT2D eigenvalue weighted by Crippen LogP contribution is 2.41. The van der Waals surface area contributed by atoms with Crippen LogP contribution in [0.4, 0.5) is 8.78 Å². The van der Waals surface area contributed by atoms with Crippen molar-refractivity contribution >= 4 is 28.4 Å². The number of rotatable bonds is 6. The Morgan fingerprint density at radius 1 is 1.18 bits per heavy atom. The van der Waals surface area contributed by atoms with Crippen molar-refractivity contribution in [3.63, 3.8) is 0 Å². The summed E-state index contributed by atoms with van der Waals surface area (Å²) in [6, 6.07) is 9.68. The highest BCUT2D eigenvalue weighted by molar-refractivity contribution is 6.36. The number of amides is 1. The molecule has 1 saturated carbocycles. The van der Waals surface area contributed by atoms with E-state index in [4.69, 9.17) is 16.6 Å². The third-order valence-corrected chi connectivity index (χ3v) is 9.35. The fourth-order valence-corrected chi connectivity index (χ4v) is 6.75. The molecule has 3 fully saturated rings. The van der Waals surface area contributed by atoms with Crippen LogP contribution in [-0.4, -0.2) is 62.6 Å². The maximum Gasteiger partial charge on any atom is 0.280 e. The van der Waals surface area contributed by atoms with Crippen molar-refractivity contribution < 1.29 is 13.6 Å². The average Bonchev–Trinajstić information content (AvgIpc) is 3.80. The van der Waals surface area contributed by atoms with E-state index in [0.29, 0.717) is 39.7 Å². The molecule has 0 radical (unpaired) electrons. The molecule has 2 saturated heterocycles. The molecule has 3 aliphatic rings. The van der Waals surface area contributed by atoms with Crippen molar-refractivity contribution in [2.24, 2.45) is 5.92 Å². The lowest BCUT2D eigenvalue weighted by molar-refractivity contribution is 0.0400. The fraction of sp³-hybridized carbons (Fsp3) is 0.394. The minimum atomic E-state index is -1.09.